The molecule has 26 heavy (non-hydrogen) atoms. The van der Waals surface area contributed by atoms with E-state index in [1.165, 1.54) is 0 Å². The molecule has 138 valence electrons. The molecule has 0 bridgehead atoms. The standard InChI is InChI=1S/C20H24BrN3OS/c1-4-11-24(14(2)22)19(26)23-20(3,15-7-5-9-17(21)12-15)16-8-6-10-18(25)13-16/h5-10,12-13,22,25H,4,11H2,1-3H3,(H,23,26). The Morgan fingerprint density at radius 2 is 1.85 bits per heavy atom. The highest BCUT2D eigenvalue weighted by Crippen LogP contribution is 2.32. The van der Waals surface area contributed by atoms with Crippen molar-refractivity contribution in [3.63, 3.8) is 0 Å². The number of nitrogens with zero attached hydrogens (tertiary/aromatic N) is 1. The van der Waals surface area contributed by atoms with Gasteiger partial charge in [0.15, 0.2) is 5.11 Å². The molecule has 1 atom stereocenters. The van der Waals surface area contributed by atoms with Gasteiger partial charge in [0.2, 0.25) is 0 Å². The van der Waals surface area contributed by atoms with E-state index >= 15 is 0 Å². The first-order valence-electron chi connectivity index (χ1n) is 8.48. The Balaban J connectivity index is 2.51. The maximum atomic E-state index is 9.98. The highest BCUT2D eigenvalue weighted by atomic mass is 79.9. The summed E-state index contributed by atoms with van der Waals surface area (Å²) < 4.78 is 0.961. The molecule has 0 aromatic heterocycles. The largest absolute Gasteiger partial charge is 0.508 e. The summed E-state index contributed by atoms with van der Waals surface area (Å²) in [5.41, 5.74) is 1.22. The van der Waals surface area contributed by atoms with Crippen molar-refractivity contribution >= 4 is 39.1 Å². The van der Waals surface area contributed by atoms with Gasteiger partial charge in [0.1, 0.15) is 5.75 Å². The first-order chi connectivity index (χ1) is 12.3. The number of thiocarbonyl (C=S) groups is 1. The van der Waals surface area contributed by atoms with Crippen LogP contribution in [-0.2, 0) is 5.54 Å². The van der Waals surface area contributed by atoms with Gasteiger partial charge < -0.3 is 15.3 Å². The summed E-state index contributed by atoms with van der Waals surface area (Å²) in [6.45, 7) is 6.49. The van der Waals surface area contributed by atoms with Crippen molar-refractivity contribution in [1.29, 1.82) is 5.41 Å². The highest BCUT2D eigenvalue weighted by molar-refractivity contribution is 9.10. The molecule has 0 saturated carbocycles. The second-order valence-electron chi connectivity index (χ2n) is 6.35. The summed E-state index contributed by atoms with van der Waals surface area (Å²) in [4.78, 5) is 1.79. The van der Waals surface area contributed by atoms with Crippen LogP contribution in [0.25, 0.3) is 0 Å². The van der Waals surface area contributed by atoms with Crippen molar-refractivity contribution in [3.8, 4) is 5.75 Å². The number of hydrogen-bond donors (Lipinski definition) is 3. The van der Waals surface area contributed by atoms with Crippen LogP contribution in [0, 0.1) is 5.41 Å². The van der Waals surface area contributed by atoms with Gasteiger partial charge in [-0.1, -0.05) is 47.1 Å². The van der Waals surface area contributed by atoms with E-state index in [2.05, 4.69) is 28.2 Å². The summed E-state index contributed by atoms with van der Waals surface area (Å²) >= 11 is 9.16. The Morgan fingerprint density at radius 1 is 1.23 bits per heavy atom. The quantitative estimate of drug-likeness (QED) is 0.352. The van der Waals surface area contributed by atoms with Crippen LogP contribution >= 0.6 is 28.1 Å². The third kappa shape index (κ3) is 4.62. The van der Waals surface area contributed by atoms with Gasteiger partial charge in [0.05, 0.1) is 11.4 Å². The monoisotopic (exact) mass is 433 g/mol. The fourth-order valence-electron chi connectivity index (χ4n) is 2.85. The van der Waals surface area contributed by atoms with E-state index in [1.54, 1.807) is 24.0 Å². The number of aromatic hydroxyl groups is 1. The summed E-state index contributed by atoms with van der Waals surface area (Å²) in [5.74, 6) is 0.599. The SMILES string of the molecule is CCCN(C(C)=N)C(=S)NC(C)(c1cccc(O)c1)c1cccc(Br)c1. The first kappa shape index (κ1) is 20.4. The second-order valence-corrected chi connectivity index (χ2v) is 7.66. The third-order valence-electron chi connectivity index (χ3n) is 4.28. The lowest BCUT2D eigenvalue weighted by Crippen LogP contribution is -2.51. The van der Waals surface area contributed by atoms with Crippen LogP contribution in [0.15, 0.2) is 53.0 Å². The van der Waals surface area contributed by atoms with Gasteiger partial charge in [-0.15, -0.1) is 0 Å². The van der Waals surface area contributed by atoms with Crippen LogP contribution in [0.3, 0.4) is 0 Å². The van der Waals surface area contributed by atoms with Gasteiger partial charge in [0.25, 0.3) is 0 Å². The summed E-state index contributed by atoms with van der Waals surface area (Å²) in [7, 11) is 0. The number of benzene rings is 2. The Bertz CT molecular complexity index is 764. The Labute approximate surface area is 168 Å². The lowest BCUT2D eigenvalue weighted by Gasteiger charge is -2.36. The molecule has 2 rings (SSSR count). The van der Waals surface area contributed by atoms with E-state index in [-0.39, 0.29) is 5.75 Å². The molecule has 6 heteroatoms. The van der Waals surface area contributed by atoms with E-state index in [9.17, 15) is 5.11 Å². The molecule has 3 N–H and O–H groups in total. The number of phenolic OH excluding ortho intramolecular Hbond substituents is 1. The minimum atomic E-state index is -0.666. The van der Waals surface area contributed by atoms with E-state index in [1.807, 2.05) is 43.3 Å². The zero-order valence-electron chi connectivity index (χ0n) is 15.2. The minimum absolute atomic E-state index is 0.199. The van der Waals surface area contributed by atoms with Gasteiger partial charge in [-0.25, -0.2) is 0 Å². The predicted octanol–water partition coefficient (Wildman–Crippen LogP) is 5.00. The van der Waals surface area contributed by atoms with E-state index in [0.717, 1.165) is 22.0 Å². The van der Waals surface area contributed by atoms with Crippen molar-refractivity contribution in [3.05, 3.63) is 64.1 Å². The molecule has 0 spiro atoms. The van der Waals surface area contributed by atoms with Crippen LogP contribution in [0.4, 0.5) is 0 Å². The summed E-state index contributed by atoms with van der Waals surface area (Å²) in [6, 6.07) is 15.1. The normalized spacial score (nSPS) is 12.9. The van der Waals surface area contributed by atoms with Crippen LogP contribution in [0.5, 0.6) is 5.75 Å². The van der Waals surface area contributed by atoms with Gasteiger partial charge in [0, 0.05) is 11.0 Å². The number of nitrogens with one attached hydrogen (secondary N) is 2. The number of amidine groups is 1. The minimum Gasteiger partial charge on any atom is -0.508 e. The van der Waals surface area contributed by atoms with Gasteiger partial charge in [-0.2, -0.15) is 0 Å². The summed E-state index contributed by atoms with van der Waals surface area (Å²) in [6.07, 6.45) is 0.887. The number of rotatable bonds is 5. The third-order valence-corrected chi connectivity index (χ3v) is 5.10. The second kappa shape index (κ2) is 8.64. The molecule has 0 amide bonds. The molecule has 0 aliphatic carbocycles. The van der Waals surface area contributed by atoms with Crippen molar-refractivity contribution < 1.29 is 5.11 Å². The Morgan fingerprint density at radius 3 is 2.38 bits per heavy atom. The van der Waals surface area contributed by atoms with Crippen LogP contribution in [0.2, 0.25) is 0 Å². The van der Waals surface area contributed by atoms with Crippen LogP contribution < -0.4 is 5.32 Å². The molecule has 2 aromatic carbocycles. The average Bonchev–Trinajstić information content (AvgIpc) is 2.59. The maximum absolute atomic E-state index is 9.98. The molecule has 0 aliphatic heterocycles. The van der Waals surface area contributed by atoms with Crippen LogP contribution in [-0.4, -0.2) is 27.5 Å². The van der Waals surface area contributed by atoms with Gasteiger partial charge in [-0.3, -0.25) is 5.41 Å². The van der Waals surface area contributed by atoms with E-state index in [4.69, 9.17) is 17.6 Å². The fourth-order valence-corrected chi connectivity index (χ4v) is 3.69. The van der Waals surface area contributed by atoms with Crippen molar-refractivity contribution in [2.45, 2.75) is 32.7 Å². The van der Waals surface area contributed by atoms with Crippen molar-refractivity contribution in [2.24, 2.45) is 0 Å². The fraction of sp³-hybridized carbons (Fsp3) is 0.300. The lowest BCUT2D eigenvalue weighted by atomic mass is 9.84. The summed E-state index contributed by atoms with van der Waals surface area (Å²) in [5, 5.41) is 21.9. The molecule has 0 saturated heterocycles. The van der Waals surface area contributed by atoms with E-state index in [0.29, 0.717) is 17.5 Å². The Kier molecular flexibility index (Phi) is 6.78. The molecule has 2 aromatic rings. The van der Waals surface area contributed by atoms with Gasteiger partial charge >= 0.3 is 0 Å². The zero-order chi connectivity index (χ0) is 19.3. The highest BCUT2D eigenvalue weighted by Gasteiger charge is 2.31. The predicted molar refractivity (Wildman–Crippen MR) is 115 cm³/mol. The van der Waals surface area contributed by atoms with E-state index < -0.39 is 5.54 Å². The van der Waals surface area contributed by atoms with Crippen molar-refractivity contribution in [1.82, 2.24) is 10.2 Å². The molecule has 0 fully saturated rings. The molecule has 0 radical (unpaired) electrons. The molecule has 0 aliphatic rings. The Hall–Kier alpha value is -1.92. The van der Waals surface area contributed by atoms with Gasteiger partial charge in [-0.05, 0) is 67.9 Å². The molecule has 0 heterocycles. The molecule has 4 nitrogen and oxygen atoms in total. The first-order valence-corrected chi connectivity index (χ1v) is 9.68. The van der Waals surface area contributed by atoms with Crippen LogP contribution in [0.1, 0.15) is 38.3 Å². The average molecular weight is 434 g/mol. The molecular formula is C20H24BrN3OS. The lowest BCUT2D eigenvalue weighted by molar-refractivity contribution is 0.461. The zero-order valence-corrected chi connectivity index (χ0v) is 17.6. The number of halogens is 1. The number of phenols is 1. The smallest absolute Gasteiger partial charge is 0.175 e. The number of hydrogen-bond acceptors (Lipinski definition) is 3. The molecule has 1 unspecified atom stereocenters. The van der Waals surface area contributed by atoms with Crippen molar-refractivity contribution in [2.75, 3.05) is 6.54 Å². The molecular weight excluding hydrogens is 410 g/mol. The maximum Gasteiger partial charge on any atom is 0.175 e. The topological polar surface area (TPSA) is 59.4 Å².